The number of ether oxygens (including phenoxy) is 3. The summed E-state index contributed by atoms with van der Waals surface area (Å²) in [5.74, 6) is -1.08. The van der Waals surface area contributed by atoms with Gasteiger partial charge in [0.2, 0.25) is 5.91 Å². The van der Waals surface area contributed by atoms with Gasteiger partial charge in [-0.25, -0.2) is 4.79 Å². The molecule has 0 saturated carbocycles. The zero-order valence-electron chi connectivity index (χ0n) is 18.1. The number of amides is 1. The molecule has 0 aromatic heterocycles. The predicted molar refractivity (Wildman–Crippen MR) is 115 cm³/mol. The Morgan fingerprint density at radius 2 is 1.90 bits per heavy atom. The number of halogens is 1. The Kier molecular flexibility index (Phi) is 8.29. The second-order valence-electron chi connectivity index (χ2n) is 8.60. The minimum atomic E-state index is -0.693. The molecule has 1 amide bonds. The highest BCUT2D eigenvalue weighted by molar-refractivity contribution is 9.10. The number of carbonyl (C=O) groups is 3. The monoisotopic (exact) mass is 483 g/mol. The van der Waals surface area contributed by atoms with Crippen LogP contribution in [0.5, 0.6) is 5.75 Å². The lowest BCUT2D eigenvalue weighted by atomic mass is 9.77. The van der Waals surface area contributed by atoms with Crippen LogP contribution in [0, 0.1) is 17.3 Å². The summed E-state index contributed by atoms with van der Waals surface area (Å²) in [5.41, 5.74) is -0.475. The maximum absolute atomic E-state index is 13.4. The zero-order valence-corrected chi connectivity index (χ0v) is 19.7. The SMILES string of the molecule is COC(=O)C[C@H](C(=O)N1C[C@H](COc2cccc(Br)c2)C[C@H]1C(=O)OC)C(C)(C)C. The van der Waals surface area contributed by atoms with Crippen LogP contribution in [0.1, 0.15) is 33.6 Å². The molecule has 1 heterocycles. The van der Waals surface area contributed by atoms with Crippen molar-refractivity contribution in [3.05, 3.63) is 28.7 Å². The summed E-state index contributed by atoms with van der Waals surface area (Å²) in [5, 5.41) is 0. The van der Waals surface area contributed by atoms with Gasteiger partial charge in [0.15, 0.2) is 0 Å². The molecule has 8 heteroatoms. The van der Waals surface area contributed by atoms with Crippen LogP contribution in [0.3, 0.4) is 0 Å². The van der Waals surface area contributed by atoms with E-state index >= 15 is 0 Å². The first kappa shape index (κ1) is 24.2. The van der Waals surface area contributed by atoms with Crippen molar-refractivity contribution in [1.29, 1.82) is 0 Å². The summed E-state index contributed by atoms with van der Waals surface area (Å²) >= 11 is 3.41. The molecule has 166 valence electrons. The number of carbonyl (C=O) groups excluding carboxylic acids is 3. The van der Waals surface area contributed by atoms with Crippen LogP contribution in [0.15, 0.2) is 28.7 Å². The van der Waals surface area contributed by atoms with Gasteiger partial charge < -0.3 is 19.1 Å². The lowest BCUT2D eigenvalue weighted by Crippen LogP contribution is -2.47. The van der Waals surface area contributed by atoms with Crippen LogP contribution in [-0.4, -0.2) is 56.2 Å². The molecule has 2 rings (SSSR count). The van der Waals surface area contributed by atoms with Crippen molar-refractivity contribution in [2.75, 3.05) is 27.4 Å². The van der Waals surface area contributed by atoms with Crippen molar-refractivity contribution >= 4 is 33.8 Å². The normalized spacial score (nSPS) is 19.9. The molecule has 1 aromatic rings. The summed E-state index contributed by atoms with van der Waals surface area (Å²) in [6.07, 6.45) is 0.407. The molecule has 1 aliphatic rings. The van der Waals surface area contributed by atoms with Gasteiger partial charge in [-0.2, -0.15) is 0 Å². The summed E-state index contributed by atoms with van der Waals surface area (Å²) in [7, 11) is 2.61. The quantitative estimate of drug-likeness (QED) is 0.552. The van der Waals surface area contributed by atoms with Gasteiger partial charge in [-0.3, -0.25) is 9.59 Å². The fraction of sp³-hybridized carbons (Fsp3) is 0.591. The standard InChI is InChI=1S/C22H30BrNO6/c1-22(2,3)17(11-19(25)28-4)20(26)24-12-14(9-18(24)21(27)29-5)13-30-16-8-6-7-15(23)10-16/h6-8,10,14,17-18H,9,11-13H2,1-5H3/t14-,17-,18+/m1/s1. The molecule has 1 fully saturated rings. The van der Waals surface area contributed by atoms with Gasteiger partial charge in [0.1, 0.15) is 11.8 Å². The van der Waals surface area contributed by atoms with E-state index in [-0.39, 0.29) is 18.2 Å². The number of methoxy groups -OCH3 is 2. The molecule has 0 unspecified atom stereocenters. The van der Waals surface area contributed by atoms with Gasteiger partial charge in [-0.05, 0) is 30.0 Å². The molecule has 1 saturated heterocycles. The topological polar surface area (TPSA) is 82.1 Å². The zero-order chi connectivity index (χ0) is 22.5. The molecule has 1 aromatic carbocycles. The van der Waals surface area contributed by atoms with Crippen LogP contribution < -0.4 is 4.74 Å². The second-order valence-corrected chi connectivity index (χ2v) is 9.51. The van der Waals surface area contributed by atoms with Crippen LogP contribution in [-0.2, 0) is 23.9 Å². The third-order valence-corrected chi connectivity index (χ3v) is 5.86. The van der Waals surface area contributed by atoms with Crippen molar-refractivity contribution in [2.45, 2.75) is 39.7 Å². The first-order valence-corrected chi connectivity index (χ1v) is 10.7. The average Bonchev–Trinajstić information content (AvgIpc) is 3.12. The molecular formula is C22H30BrNO6. The van der Waals surface area contributed by atoms with Crippen molar-refractivity contribution in [1.82, 2.24) is 4.90 Å². The predicted octanol–water partition coefficient (Wildman–Crippen LogP) is 3.44. The number of rotatable bonds is 7. The van der Waals surface area contributed by atoms with E-state index < -0.39 is 29.3 Å². The second kappa shape index (κ2) is 10.3. The van der Waals surface area contributed by atoms with E-state index in [0.717, 1.165) is 4.47 Å². The summed E-state index contributed by atoms with van der Waals surface area (Å²) in [4.78, 5) is 39.2. The van der Waals surface area contributed by atoms with Gasteiger partial charge >= 0.3 is 11.9 Å². The first-order chi connectivity index (χ1) is 14.1. The summed E-state index contributed by atoms with van der Waals surface area (Å²) < 4.78 is 16.5. The minimum Gasteiger partial charge on any atom is -0.493 e. The minimum absolute atomic E-state index is 0.0317. The Balaban J connectivity index is 2.17. The Morgan fingerprint density at radius 1 is 1.20 bits per heavy atom. The van der Waals surface area contributed by atoms with Crippen LogP contribution in [0.25, 0.3) is 0 Å². The number of likely N-dealkylation sites (tertiary alicyclic amines) is 1. The lowest BCUT2D eigenvalue weighted by Gasteiger charge is -2.34. The van der Waals surface area contributed by atoms with Gasteiger partial charge in [0, 0.05) is 16.9 Å². The van der Waals surface area contributed by atoms with Gasteiger partial charge in [-0.1, -0.05) is 42.8 Å². The first-order valence-electron chi connectivity index (χ1n) is 9.90. The highest BCUT2D eigenvalue weighted by Gasteiger charge is 2.45. The molecule has 30 heavy (non-hydrogen) atoms. The molecule has 0 spiro atoms. The van der Waals surface area contributed by atoms with Gasteiger partial charge in [-0.15, -0.1) is 0 Å². The third-order valence-electron chi connectivity index (χ3n) is 5.37. The Labute approximate surface area is 186 Å². The fourth-order valence-corrected chi connectivity index (χ4v) is 4.01. The van der Waals surface area contributed by atoms with Gasteiger partial charge in [0.25, 0.3) is 0 Å². The highest BCUT2D eigenvalue weighted by atomic mass is 79.9. The summed E-state index contributed by atoms with van der Waals surface area (Å²) in [6, 6.07) is 6.81. The molecule has 0 N–H and O–H groups in total. The van der Waals surface area contributed by atoms with E-state index in [1.54, 1.807) is 4.90 Å². The van der Waals surface area contributed by atoms with E-state index in [1.165, 1.54) is 14.2 Å². The number of esters is 2. The molecule has 0 aliphatic carbocycles. The summed E-state index contributed by atoms with van der Waals surface area (Å²) in [6.45, 7) is 6.42. The molecule has 1 aliphatic heterocycles. The number of hydrogen-bond donors (Lipinski definition) is 0. The van der Waals surface area contributed by atoms with E-state index in [4.69, 9.17) is 14.2 Å². The van der Waals surface area contributed by atoms with Crippen molar-refractivity contribution < 1.29 is 28.6 Å². The van der Waals surface area contributed by atoms with E-state index in [0.29, 0.717) is 25.3 Å². The van der Waals surface area contributed by atoms with Crippen molar-refractivity contribution in [3.8, 4) is 5.75 Å². The molecule has 0 bridgehead atoms. The van der Waals surface area contributed by atoms with Crippen LogP contribution in [0.4, 0.5) is 0 Å². The number of benzene rings is 1. The van der Waals surface area contributed by atoms with Crippen molar-refractivity contribution in [3.63, 3.8) is 0 Å². The van der Waals surface area contributed by atoms with Crippen molar-refractivity contribution in [2.24, 2.45) is 17.3 Å². The number of nitrogens with zero attached hydrogens (tertiary/aromatic N) is 1. The van der Waals surface area contributed by atoms with Crippen LogP contribution in [0.2, 0.25) is 0 Å². The third kappa shape index (κ3) is 6.20. The lowest BCUT2D eigenvalue weighted by molar-refractivity contribution is -0.156. The molecule has 3 atom stereocenters. The van der Waals surface area contributed by atoms with Gasteiger partial charge in [0.05, 0.1) is 33.2 Å². The number of hydrogen-bond acceptors (Lipinski definition) is 6. The van der Waals surface area contributed by atoms with E-state index in [9.17, 15) is 14.4 Å². The molecule has 7 nitrogen and oxygen atoms in total. The van der Waals surface area contributed by atoms with Crippen LogP contribution >= 0.6 is 15.9 Å². The van der Waals surface area contributed by atoms with E-state index in [2.05, 4.69) is 15.9 Å². The Hall–Kier alpha value is -2.09. The molecule has 0 radical (unpaired) electrons. The maximum atomic E-state index is 13.4. The Morgan fingerprint density at radius 3 is 2.47 bits per heavy atom. The molecular weight excluding hydrogens is 454 g/mol. The largest absolute Gasteiger partial charge is 0.493 e. The highest BCUT2D eigenvalue weighted by Crippen LogP contribution is 2.35. The fourth-order valence-electron chi connectivity index (χ4n) is 3.63. The smallest absolute Gasteiger partial charge is 0.328 e. The Bertz CT molecular complexity index is 775. The van der Waals surface area contributed by atoms with E-state index in [1.807, 2.05) is 45.0 Å². The maximum Gasteiger partial charge on any atom is 0.328 e. The average molecular weight is 484 g/mol.